The standard InChI is InChI=1S/C15H17ClN6O4/c1-9(23)24-8-11-12(19-21-17)14(13(20-22-18)15(16)26-11)25-7-10-5-3-2-4-6-10/h2-6,11-15H,7-8H2,1H3/t11-,12-,13-,14+,15-/m1/s1. The number of carbonyl (C=O) groups excluding carboxylic acids is 1. The number of esters is 1. The highest BCUT2D eigenvalue weighted by atomic mass is 35.5. The van der Waals surface area contributed by atoms with E-state index >= 15 is 0 Å². The van der Waals surface area contributed by atoms with E-state index in [0.29, 0.717) is 0 Å². The van der Waals surface area contributed by atoms with Crippen LogP contribution in [0.25, 0.3) is 20.9 Å². The Morgan fingerprint density at radius 3 is 2.50 bits per heavy atom. The van der Waals surface area contributed by atoms with E-state index < -0.39 is 35.8 Å². The van der Waals surface area contributed by atoms with Gasteiger partial charge >= 0.3 is 5.97 Å². The first kappa shape index (κ1) is 19.8. The van der Waals surface area contributed by atoms with E-state index in [4.69, 9.17) is 36.9 Å². The zero-order chi connectivity index (χ0) is 18.9. The maximum absolute atomic E-state index is 11.1. The van der Waals surface area contributed by atoms with E-state index in [1.54, 1.807) is 0 Å². The zero-order valence-corrected chi connectivity index (χ0v) is 14.6. The Kier molecular flexibility index (Phi) is 7.53. The molecule has 1 aliphatic rings. The van der Waals surface area contributed by atoms with Crippen LogP contribution in [-0.2, 0) is 25.6 Å². The first-order chi connectivity index (χ1) is 12.6. The molecule has 0 spiro atoms. The second-order valence-corrected chi connectivity index (χ2v) is 5.91. The van der Waals surface area contributed by atoms with Gasteiger partial charge in [-0.1, -0.05) is 52.2 Å². The number of alkyl halides is 1. The highest BCUT2D eigenvalue weighted by Gasteiger charge is 2.46. The Balaban J connectivity index is 2.25. The maximum atomic E-state index is 11.1. The van der Waals surface area contributed by atoms with Gasteiger partial charge < -0.3 is 14.2 Å². The summed E-state index contributed by atoms with van der Waals surface area (Å²) in [5, 5.41) is 7.33. The van der Waals surface area contributed by atoms with Crippen molar-refractivity contribution in [3.05, 3.63) is 56.8 Å². The fraction of sp³-hybridized carbons (Fsp3) is 0.533. The van der Waals surface area contributed by atoms with Crippen molar-refractivity contribution in [2.45, 2.75) is 43.4 Å². The Morgan fingerprint density at radius 1 is 1.23 bits per heavy atom. The number of halogens is 1. The number of ether oxygens (including phenoxy) is 3. The molecule has 1 fully saturated rings. The van der Waals surface area contributed by atoms with E-state index in [-0.39, 0.29) is 13.2 Å². The molecule has 1 aliphatic heterocycles. The first-order valence-electron chi connectivity index (χ1n) is 7.73. The number of rotatable bonds is 7. The van der Waals surface area contributed by atoms with Crippen LogP contribution in [0.5, 0.6) is 0 Å². The van der Waals surface area contributed by atoms with Crippen LogP contribution in [0.15, 0.2) is 40.6 Å². The van der Waals surface area contributed by atoms with Crippen molar-refractivity contribution in [1.82, 2.24) is 0 Å². The Hall–Kier alpha value is -2.48. The number of nitrogens with zero attached hydrogens (tertiary/aromatic N) is 6. The molecule has 0 N–H and O–H groups in total. The van der Waals surface area contributed by atoms with E-state index in [0.717, 1.165) is 5.56 Å². The minimum atomic E-state index is -1.03. The molecule has 2 rings (SSSR count). The third-order valence-electron chi connectivity index (χ3n) is 3.73. The minimum Gasteiger partial charge on any atom is -0.463 e. The van der Waals surface area contributed by atoms with Gasteiger partial charge in [-0.05, 0) is 16.6 Å². The lowest BCUT2D eigenvalue weighted by molar-refractivity contribution is -0.158. The SMILES string of the molecule is CC(=O)OC[C@H]1O[C@@H](Cl)[C@H](N=[N+]=[N-])[C@@H](OCc2ccccc2)[C@@H]1N=[N+]=[N-]. The second-order valence-electron chi connectivity index (χ2n) is 5.48. The molecular weight excluding hydrogens is 364 g/mol. The lowest BCUT2D eigenvalue weighted by Crippen LogP contribution is -2.56. The van der Waals surface area contributed by atoms with Gasteiger partial charge in [0.1, 0.15) is 24.3 Å². The number of hydrogen-bond acceptors (Lipinski definition) is 6. The molecule has 1 saturated heterocycles. The Morgan fingerprint density at radius 2 is 1.88 bits per heavy atom. The van der Waals surface area contributed by atoms with E-state index in [2.05, 4.69) is 20.1 Å². The smallest absolute Gasteiger partial charge is 0.302 e. The van der Waals surface area contributed by atoms with Crippen LogP contribution in [-0.4, -0.2) is 42.4 Å². The largest absolute Gasteiger partial charge is 0.463 e. The molecule has 0 radical (unpaired) electrons. The quantitative estimate of drug-likeness (QED) is 0.234. The summed E-state index contributed by atoms with van der Waals surface area (Å²) in [5.41, 5.74) is 17.6. The summed E-state index contributed by atoms with van der Waals surface area (Å²) in [7, 11) is 0. The van der Waals surface area contributed by atoms with Gasteiger partial charge in [0.2, 0.25) is 0 Å². The van der Waals surface area contributed by atoms with Crippen molar-refractivity contribution in [1.29, 1.82) is 0 Å². The second kappa shape index (κ2) is 9.86. The number of azide groups is 2. The molecule has 0 aliphatic carbocycles. The molecule has 5 atom stereocenters. The third-order valence-corrected chi connectivity index (χ3v) is 4.09. The topological polar surface area (TPSA) is 142 Å². The number of benzene rings is 1. The predicted molar refractivity (Wildman–Crippen MR) is 92.0 cm³/mol. The van der Waals surface area contributed by atoms with Gasteiger partial charge in [0.25, 0.3) is 0 Å². The van der Waals surface area contributed by atoms with E-state index in [1.165, 1.54) is 6.92 Å². The highest BCUT2D eigenvalue weighted by molar-refractivity contribution is 6.20. The zero-order valence-electron chi connectivity index (χ0n) is 13.9. The van der Waals surface area contributed by atoms with Crippen LogP contribution in [0, 0.1) is 0 Å². The van der Waals surface area contributed by atoms with Gasteiger partial charge in [0, 0.05) is 16.7 Å². The van der Waals surface area contributed by atoms with Gasteiger partial charge in [0.05, 0.1) is 18.8 Å². The van der Waals surface area contributed by atoms with Crippen LogP contribution in [0.2, 0.25) is 0 Å². The average molecular weight is 381 g/mol. The van der Waals surface area contributed by atoms with Crippen LogP contribution in [0.4, 0.5) is 0 Å². The molecule has 26 heavy (non-hydrogen) atoms. The van der Waals surface area contributed by atoms with Crippen LogP contribution in [0.1, 0.15) is 12.5 Å². The van der Waals surface area contributed by atoms with Crippen molar-refractivity contribution < 1.29 is 19.0 Å². The molecule has 1 heterocycles. The summed E-state index contributed by atoms with van der Waals surface area (Å²) in [6, 6.07) is 7.48. The lowest BCUT2D eigenvalue weighted by atomic mass is 9.96. The van der Waals surface area contributed by atoms with Crippen LogP contribution >= 0.6 is 11.6 Å². The molecule has 0 aromatic heterocycles. The normalized spacial score (nSPS) is 27.7. The third kappa shape index (κ3) is 5.26. The Labute approximate surface area is 154 Å². The molecular formula is C15H17ClN6O4. The van der Waals surface area contributed by atoms with Crippen molar-refractivity contribution in [2.24, 2.45) is 10.2 Å². The molecule has 0 amide bonds. The molecule has 1 aromatic rings. The summed E-state index contributed by atoms with van der Waals surface area (Å²) >= 11 is 6.17. The summed E-state index contributed by atoms with van der Waals surface area (Å²) in [5.74, 6) is -0.515. The molecule has 0 unspecified atom stereocenters. The fourth-order valence-electron chi connectivity index (χ4n) is 2.57. The number of carbonyl (C=O) groups is 1. The molecule has 138 valence electrons. The molecule has 11 heteroatoms. The fourth-order valence-corrected chi connectivity index (χ4v) is 2.90. The van der Waals surface area contributed by atoms with Crippen molar-refractivity contribution in [2.75, 3.05) is 6.61 Å². The lowest BCUT2D eigenvalue weighted by Gasteiger charge is -2.41. The van der Waals surface area contributed by atoms with Crippen molar-refractivity contribution in [3.63, 3.8) is 0 Å². The molecule has 0 saturated carbocycles. The van der Waals surface area contributed by atoms with Crippen LogP contribution in [0.3, 0.4) is 0 Å². The van der Waals surface area contributed by atoms with Gasteiger partial charge in [0.15, 0.2) is 0 Å². The van der Waals surface area contributed by atoms with Gasteiger partial charge in [-0.2, -0.15) is 0 Å². The summed E-state index contributed by atoms with van der Waals surface area (Å²) in [4.78, 5) is 16.7. The number of hydrogen-bond donors (Lipinski definition) is 0. The summed E-state index contributed by atoms with van der Waals surface area (Å²) in [6.45, 7) is 1.26. The summed E-state index contributed by atoms with van der Waals surface area (Å²) < 4.78 is 16.3. The van der Waals surface area contributed by atoms with Gasteiger partial charge in [-0.15, -0.1) is 0 Å². The average Bonchev–Trinajstić information content (AvgIpc) is 2.63. The van der Waals surface area contributed by atoms with Gasteiger partial charge in [-0.3, -0.25) is 4.79 Å². The van der Waals surface area contributed by atoms with E-state index in [9.17, 15) is 4.79 Å². The van der Waals surface area contributed by atoms with Gasteiger partial charge in [-0.25, -0.2) is 0 Å². The minimum absolute atomic E-state index is 0.170. The van der Waals surface area contributed by atoms with Crippen molar-refractivity contribution >= 4 is 17.6 Å². The monoisotopic (exact) mass is 380 g/mol. The molecule has 10 nitrogen and oxygen atoms in total. The predicted octanol–water partition coefficient (Wildman–Crippen LogP) is 3.46. The molecule has 1 aromatic carbocycles. The maximum Gasteiger partial charge on any atom is 0.302 e. The van der Waals surface area contributed by atoms with Crippen molar-refractivity contribution in [3.8, 4) is 0 Å². The highest BCUT2D eigenvalue weighted by Crippen LogP contribution is 2.31. The first-order valence-corrected chi connectivity index (χ1v) is 8.17. The molecule has 0 bridgehead atoms. The Bertz CT molecular complexity index is 707. The van der Waals surface area contributed by atoms with Crippen LogP contribution < -0.4 is 0 Å². The summed E-state index contributed by atoms with van der Waals surface area (Å²) in [6.07, 6.45) is -1.68. The van der Waals surface area contributed by atoms with E-state index in [1.807, 2.05) is 30.3 Å².